The maximum absolute atomic E-state index is 13.4. The highest BCUT2D eigenvalue weighted by atomic mass is 19.1. The zero-order valence-corrected chi connectivity index (χ0v) is 10.8. The molecule has 1 N–H and O–H groups in total. The van der Waals surface area contributed by atoms with Gasteiger partial charge in [-0.25, -0.2) is 8.78 Å². The van der Waals surface area contributed by atoms with Crippen molar-refractivity contribution in [1.29, 1.82) is 0 Å². The summed E-state index contributed by atoms with van der Waals surface area (Å²) < 4.78 is 26.4. The smallest absolute Gasteiger partial charge is 0.127 e. The van der Waals surface area contributed by atoms with Crippen molar-refractivity contribution >= 4 is 0 Å². The molecule has 4 heteroatoms. The van der Waals surface area contributed by atoms with Crippen LogP contribution < -0.4 is 5.32 Å². The molecule has 0 spiro atoms. The summed E-state index contributed by atoms with van der Waals surface area (Å²) in [5, 5.41) is 3.23. The predicted molar refractivity (Wildman–Crippen MR) is 68.3 cm³/mol. The molecule has 2 nitrogen and oxygen atoms in total. The van der Waals surface area contributed by atoms with Crippen molar-refractivity contribution in [2.24, 2.45) is 0 Å². The van der Waals surface area contributed by atoms with Crippen molar-refractivity contribution < 1.29 is 8.78 Å². The maximum Gasteiger partial charge on any atom is 0.127 e. The molecule has 1 aromatic carbocycles. The minimum absolute atomic E-state index is 0.345. The van der Waals surface area contributed by atoms with Gasteiger partial charge in [-0.3, -0.25) is 4.90 Å². The molecule has 1 atom stereocenters. The molecule has 1 unspecified atom stereocenters. The van der Waals surface area contributed by atoms with Gasteiger partial charge in [0, 0.05) is 24.7 Å². The van der Waals surface area contributed by atoms with Crippen LogP contribution in [-0.2, 0) is 6.54 Å². The van der Waals surface area contributed by atoms with Crippen molar-refractivity contribution in [2.75, 3.05) is 19.6 Å². The molecule has 0 bridgehead atoms. The lowest BCUT2D eigenvalue weighted by atomic mass is 10.2. The Bertz CT molecular complexity index is 395. The highest BCUT2D eigenvalue weighted by Crippen LogP contribution is 2.16. The first kappa shape index (κ1) is 13.4. The fourth-order valence-corrected chi connectivity index (χ4v) is 2.59. The van der Waals surface area contributed by atoms with E-state index in [4.69, 9.17) is 0 Å². The van der Waals surface area contributed by atoms with E-state index >= 15 is 0 Å². The standard InChI is InChI=1S/C14H20F2N2/c1-2-18-7-3-4-13(18)10-17-9-11-8-12(15)5-6-14(11)16/h5-6,8,13,17H,2-4,7,9-10H2,1H3. The lowest BCUT2D eigenvalue weighted by Crippen LogP contribution is -2.37. The number of hydrogen-bond donors (Lipinski definition) is 1. The minimum Gasteiger partial charge on any atom is -0.311 e. The Balaban J connectivity index is 1.83. The van der Waals surface area contributed by atoms with E-state index < -0.39 is 0 Å². The first-order chi connectivity index (χ1) is 8.70. The Kier molecular flexibility index (Phi) is 4.66. The summed E-state index contributed by atoms with van der Waals surface area (Å²) in [6.07, 6.45) is 2.42. The highest BCUT2D eigenvalue weighted by molar-refractivity contribution is 5.18. The molecule has 18 heavy (non-hydrogen) atoms. The van der Waals surface area contributed by atoms with E-state index in [0.717, 1.165) is 25.7 Å². The Morgan fingerprint density at radius 2 is 2.22 bits per heavy atom. The second-order valence-electron chi connectivity index (χ2n) is 4.79. The van der Waals surface area contributed by atoms with Gasteiger partial charge in [0.25, 0.3) is 0 Å². The monoisotopic (exact) mass is 254 g/mol. The van der Waals surface area contributed by atoms with Gasteiger partial charge in [0.2, 0.25) is 0 Å². The van der Waals surface area contributed by atoms with E-state index in [0.29, 0.717) is 18.2 Å². The van der Waals surface area contributed by atoms with Crippen molar-refractivity contribution in [1.82, 2.24) is 10.2 Å². The van der Waals surface area contributed by atoms with Gasteiger partial charge in [0.05, 0.1) is 0 Å². The van der Waals surface area contributed by atoms with Gasteiger partial charge in [-0.1, -0.05) is 6.92 Å². The first-order valence-corrected chi connectivity index (χ1v) is 6.59. The van der Waals surface area contributed by atoms with Crippen molar-refractivity contribution in [3.8, 4) is 0 Å². The molecule has 1 fully saturated rings. The summed E-state index contributed by atoms with van der Waals surface area (Å²) in [7, 11) is 0. The largest absolute Gasteiger partial charge is 0.311 e. The van der Waals surface area contributed by atoms with Gasteiger partial charge in [0.15, 0.2) is 0 Å². The summed E-state index contributed by atoms with van der Waals surface area (Å²) in [5.74, 6) is -0.730. The van der Waals surface area contributed by atoms with Gasteiger partial charge in [-0.15, -0.1) is 0 Å². The lowest BCUT2D eigenvalue weighted by molar-refractivity contribution is 0.259. The number of benzene rings is 1. The Labute approximate surface area is 107 Å². The zero-order chi connectivity index (χ0) is 13.0. The molecule has 2 rings (SSSR count). The van der Waals surface area contributed by atoms with Gasteiger partial charge in [-0.2, -0.15) is 0 Å². The second kappa shape index (κ2) is 6.25. The third-order valence-corrected chi connectivity index (χ3v) is 3.61. The molecule has 100 valence electrons. The molecule has 0 aromatic heterocycles. The van der Waals surface area contributed by atoms with E-state index in [1.807, 2.05) is 0 Å². The van der Waals surface area contributed by atoms with Gasteiger partial charge in [0.1, 0.15) is 11.6 Å². The van der Waals surface area contributed by atoms with Crippen LogP contribution in [0.5, 0.6) is 0 Å². The zero-order valence-electron chi connectivity index (χ0n) is 10.8. The van der Waals surface area contributed by atoms with Crippen LogP contribution in [0.4, 0.5) is 8.78 Å². The van der Waals surface area contributed by atoms with Crippen LogP contribution in [0.25, 0.3) is 0 Å². The molecule has 1 heterocycles. The summed E-state index contributed by atoms with van der Waals surface area (Å²) in [6.45, 7) is 5.59. The number of nitrogens with zero attached hydrogens (tertiary/aromatic N) is 1. The van der Waals surface area contributed by atoms with E-state index in [9.17, 15) is 8.78 Å². The van der Waals surface area contributed by atoms with Crippen LogP contribution in [-0.4, -0.2) is 30.6 Å². The van der Waals surface area contributed by atoms with E-state index in [1.165, 1.54) is 25.0 Å². The second-order valence-corrected chi connectivity index (χ2v) is 4.79. The topological polar surface area (TPSA) is 15.3 Å². The number of nitrogens with one attached hydrogen (secondary N) is 1. The number of hydrogen-bond acceptors (Lipinski definition) is 2. The van der Waals surface area contributed by atoms with Gasteiger partial charge >= 0.3 is 0 Å². The molecule has 1 saturated heterocycles. The maximum atomic E-state index is 13.4. The third-order valence-electron chi connectivity index (χ3n) is 3.61. The van der Waals surface area contributed by atoms with E-state index in [2.05, 4.69) is 17.1 Å². The third kappa shape index (κ3) is 3.27. The molecular formula is C14H20F2N2. The predicted octanol–water partition coefficient (Wildman–Crippen LogP) is 2.54. The molecule has 1 aliphatic heterocycles. The van der Waals surface area contributed by atoms with E-state index in [-0.39, 0.29) is 11.6 Å². The Hall–Kier alpha value is -1.00. The number of halogens is 2. The SMILES string of the molecule is CCN1CCCC1CNCc1cc(F)ccc1F. The minimum atomic E-state index is -0.385. The first-order valence-electron chi connectivity index (χ1n) is 6.59. The number of rotatable bonds is 5. The number of likely N-dealkylation sites (tertiary alicyclic amines) is 1. The van der Waals surface area contributed by atoms with Gasteiger partial charge in [-0.05, 0) is 44.1 Å². The molecule has 0 aliphatic carbocycles. The van der Waals surface area contributed by atoms with Crippen molar-refractivity contribution in [2.45, 2.75) is 32.4 Å². The molecule has 1 aromatic rings. The fraction of sp³-hybridized carbons (Fsp3) is 0.571. The Morgan fingerprint density at radius 3 is 3.00 bits per heavy atom. The molecule has 0 radical (unpaired) electrons. The fourth-order valence-electron chi connectivity index (χ4n) is 2.59. The van der Waals surface area contributed by atoms with Crippen molar-refractivity contribution in [3.63, 3.8) is 0 Å². The van der Waals surface area contributed by atoms with Crippen LogP contribution in [0.15, 0.2) is 18.2 Å². The molecule has 0 saturated carbocycles. The quantitative estimate of drug-likeness (QED) is 0.868. The molecule has 1 aliphatic rings. The summed E-state index contributed by atoms with van der Waals surface area (Å²) in [5.41, 5.74) is 0.399. The molecular weight excluding hydrogens is 234 g/mol. The van der Waals surface area contributed by atoms with Crippen LogP contribution >= 0.6 is 0 Å². The van der Waals surface area contributed by atoms with Crippen LogP contribution in [0.3, 0.4) is 0 Å². The summed E-state index contributed by atoms with van der Waals surface area (Å²) in [6, 6.07) is 4.12. The van der Waals surface area contributed by atoms with Crippen LogP contribution in [0.2, 0.25) is 0 Å². The average Bonchev–Trinajstić information content (AvgIpc) is 2.81. The summed E-state index contributed by atoms with van der Waals surface area (Å²) >= 11 is 0. The van der Waals surface area contributed by atoms with Crippen LogP contribution in [0.1, 0.15) is 25.3 Å². The van der Waals surface area contributed by atoms with E-state index in [1.54, 1.807) is 0 Å². The molecule has 0 amide bonds. The van der Waals surface area contributed by atoms with Crippen molar-refractivity contribution in [3.05, 3.63) is 35.4 Å². The Morgan fingerprint density at radius 1 is 1.39 bits per heavy atom. The normalized spacial score (nSPS) is 20.5. The lowest BCUT2D eigenvalue weighted by Gasteiger charge is -2.23. The average molecular weight is 254 g/mol. The number of likely N-dealkylation sites (N-methyl/N-ethyl adjacent to an activating group) is 1. The summed E-state index contributed by atoms with van der Waals surface area (Å²) in [4.78, 5) is 2.43. The highest BCUT2D eigenvalue weighted by Gasteiger charge is 2.22. The van der Waals surface area contributed by atoms with Gasteiger partial charge < -0.3 is 5.32 Å². The van der Waals surface area contributed by atoms with Crippen LogP contribution in [0, 0.1) is 11.6 Å².